The summed E-state index contributed by atoms with van der Waals surface area (Å²) in [5.41, 5.74) is 4.14. The van der Waals surface area contributed by atoms with E-state index < -0.39 is 5.60 Å². The molecule has 2 aromatic rings. The first kappa shape index (κ1) is 19.2. The van der Waals surface area contributed by atoms with E-state index in [2.05, 4.69) is 43.4 Å². The Morgan fingerprint density at radius 2 is 2.04 bits per heavy atom. The molecule has 1 atom stereocenters. The summed E-state index contributed by atoms with van der Waals surface area (Å²) < 4.78 is 7.49. The number of carbonyl (C=O) groups excluding carboxylic acids is 1. The molecule has 1 unspecified atom stereocenters. The number of amides is 1. The monoisotopic (exact) mass is 367 g/mol. The van der Waals surface area contributed by atoms with E-state index >= 15 is 0 Å². The van der Waals surface area contributed by atoms with Crippen molar-refractivity contribution in [2.75, 3.05) is 6.54 Å². The molecule has 0 N–H and O–H groups in total. The summed E-state index contributed by atoms with van der Waals surface area (Å²) in [5, 5.41) is 4.55. The first-order valence-corrected chi connectivity index (χ1v) is 9.60. The van der Waals surface area contributed by atoms with Crippen LogP contribution in [0.3, 0.4) is 0 Å². The summed E-state index contributed by atoms with van der Waals surface area (Å²) in [4.78, 5) is 14.3. The molecule has 0 fully saturated rings. The first-order chi connectivity index (χ1) is 12.8. The third-order valence-electron chi connectivity index (χ3n) is 4.78. The molecule has 0 bridgehead atoms. The largest absolute Gasteiger partial charge is 0.444 e. The Kier molecular flexibility index (Phi) is 5.40. The quantitative estimate of drug-likeness (QED) is 0.768. The third-order valence-corrected chi connectivity index (χ3v) is 4.78. The number of para-hydroxylation sites is 1. The van der Waals surface area contributed by atoms with Crippen LogP contribution >= 0.6 is 0 Å². The van der Waals surface area contributed by atoms with Crippen molar-refractivity contribution in [2.45, 2.75) is 59.1 Å². The molecule has 0 radical (unpaired) electrons. The highest BCUT2D eigenvalue weighted by molar-refractivity contribution is 5.73. The number of hydrogen-bond donors (Lipinski definition) is 0. The highest BCUT2D eigenvalue weighted by Crippen LogP contribution is 2.28. The normalized spacial score (nSPS) is 17.6. The second-order valence-corrected chi connectivity index (χ2v) is 8.05. The van der Waals surface area contributed by atoms with Crippen molar-refractivity contribution in [3.05, 3.63) is 53.9 Å². The van der Waals surface area contributed by atoms with Gasteiger partial charge in [-0.2, -0.15) is 5.10 Å². The van der Waals surface area contributed by atoms with Crippen LogP contribution in [-0.4, -0.2) is 39.0 Å². The van der Waals surface area contributed by atoms with Gasteiger partial charge in [0.05, 0.1) is 17.9 Å². The Morgan fingerprint density at radius 3 is 2.70 bits per heavy atom. The van der Waals surface area contributed by atoms with Crippen molar-refractivity contribution in [2.24, 2.45) is 0 Å². The van der Waals surface area contributed by atoms with Gasteiger partial charge in [0.2, 0.25) is 0 Å². The van der Waals surface area contributed by atoms with Crippen molar-refractivity contribution in [3.8, 4) is 5.69 Å². The molecule has 0 spiro atoms. The fourth-order valence-electron chi connectivity index (χ4n) is 3.38. The lowest BCUT2D eigenvalue weighted by Crippen LogP contribution is -2.44. The maximum atomic E-state index is 12.5. The average Bonchev–Trinajstić information content (AvgIpc) is 3.10. The van der Waals surface area contributed by atoms with Gasteiger partial charge in [0.25, 0.3) is 0 Å². The lowest BCUT2D eigenvalue weighted by molar-refractivity contribution is 0.0193. The van der Waals surface area contributed by atoms with Gasteiger partial charge in [-0.15, -0.1) is 0 Å². The maximum Gasteiger partial charge on any atom is 0.410 e. The van der Waals surface area contributed by atoms with E-state index in [-0.39, 0.29) is 12.1 Å². The number of rotatable bonds is 3. The van der Waals surface area contributed by atoms with Crippen LogP contribution in [-0.2, 0) is 4.74 Å². The van der Waals surface area contributed by atoms with Crippen LogP contribution in [0.2, 0.25) is 0 Å². The Morgan fingerprint density at radius 1 is 1.30 bits per heavy atom. The minimum absolute atomic E-state index is 0.0467. The van der Waals surface area contributed by atoms with E-state index in [0.29, 0.717) is 6.54 Å². The summed E-state index contributed by atoms with van der Waals surface area (Å²) in [7, 11) is 0. The van der Waals surface area contributed by atoms with Crippen molar-refractivity contribution in [1.29, 1.82) is 0 Å². The van der Waals surface area contributed by atoms with E-state index in [0.717, 1.165) is 24.1 Å². The Labute approximate surface area is 161 Å². The lowest BCUT2D eigenvalue weighted by Gasteiger charge is -2.35. The molecule has 3 rings (SSSR count). The Hall–Kier alpha value is -2.56. The van der Waals surface area contributed by atoms with Gasteiger partial charge in [0, 0.05) is 18.3 Å². The Bertz CT molecular complexity index is 845. The summed E-state index contributed by atoms with van der Waals surface area (Å²) in [6.45, 7) is 10.5. The van der Waals surface area contributed by atoms with Crippen molar-refractivity contribution in [1.82, 2.24) is 14.7 Å². The average molecular weight is 367 g/mol. The zero-order valence-corrected chi connectivity index (χ0v) is 16.9. The molecule has 27 heavy (non-hydrogen) atoms. The molecule has 1 aliphatic heterocycles. The summed E-state index contributed by atoms with van der Waals surface area (Å²) in [6.07, 6.45) is 7.59. The van der Waals surface area contributed by atoms with Gasteiger partial charge in [-0.1, -0.05) is 31.2 Å². The van der Waals surface area contributed by atoms with E-state index in [9.17, 15) is 4.79 Å². The number of nitrogens with zero attached hydrogens (tertiary/aromatic N) is 3. The third kappa shape index (κ3) is 4.41. The molecule has 5 nitrogen and oxygen atoms in total. The molecule has 1 aromatic carbocycles. The topological polar surface area (TPSA) is 47.4 Å². The van der Waals surface area contributed by atoms with Crippen LogP contribution in [0.4, 0.5) is 4.79 Å². The zero-order valence-electron chi connectivity index (χ0n) is 16.9. The van der Waals surface area contributed by atoms with Gasteiger partial charge in [0.15, 0.2) is 0 Å². The Balaban J connectivity index is 1.81. The zero-order chi connectivity index (χ0) is 19.6. The van der Waals surface area contributed by atoms with E-state index in [1.807, 2.05) is 48.7 Å². The molecule has 2 heterocycles. The van der Waals surface area contributed by atoms with E-state index in [1.165, 1.54) is 11.1 Å². The number of ether oxygens (including phenoxy) is 1. The highest BCUT2D eigenvalue weighted by atomic mass is 16.6. The van der Waals surface area contributed by atoms with Crippen LogP contribution in [0.15, 0.2) is 42.7 Å². The lowest BCUT2D eigenvalue weighted by atomic mass is 9.97. The standard InChI is InChI=1S/C22H29N3O2/c1-6-19-13-17(11-12-24(19)21(26)27-22(3,4)5)18-14-23-25(15-18)20-10-8-7-9-16(20)2/h7-10,13-15,19H,6,11-12H2,1-5H3. The predicted octanol–water partition coefficient (Wildman–Crippen LogP) is 4.98. The van der Waals surface area contributed by atoms with Crippen LogP contribution in [0.1, 0.15) is 51.7 Å². The SMILES string of the molecule is CCC1C=C(c2cnn(-c3ccccc3C)c2)CCN1C(=O)OC(C)(C)C. The van der Waals surface area contributed by atoms with Crippen LogP contribution in [0, 0.1) is 6.92 Å². The summed E-state index contributed by atoms with van der Waals surface area (Å²) in [6, 6.07) is 8.26. The summed E-state index contributed by atoms with van der Waals surface area (Å²) >= 11 is 0. The molecular weight excluding hydrogens is 338 g/mol. The number of benzene rings is 1. The molecule has 1 aromatic heterocycles. The van der Waals surface area contributed by atoms with Crippen LogP contribution < -0.4 is 0 Å². The second kappa shape index (κ2) is 7.59. The van der Waals surface area contributed by atoms with Gasteiger partial charge in [-0.3, -0.25) is 0 Å². The molecular formula is C22H29N3O2. The second-order valence-electron chi connectivity index (χ2n) is 8.05. The highest BCUT2D eigenvalue weighted by Gasteiger charge is 2.29. The summed E-state index contributed by atoms with van der Waals surface area (Å²) in [5.74, 6) is 0. The molecule has 144 valence electrons. The van der Waals surface area contributed by atoms with E-state index in [4.69, 9.17) is 4.74 Å². The molecule has 5 heteroatoms. The van der Waals surface area contributed by atoms with Gasteiger partial charge >= 0.3 is 6.09 Å². The number of hydrogen-bond acceptors (Lipinski definition) is 3. The fraction of sp³-hybridized carbons (Fsp3) is 0.455. The van der Waals surface area contributed by atoms with Crippen molar-refractivity contribution >= 4 is 11.7 Å². The van der Waals surface area contributed by atoms with Gasteiger partial charge in [0.1, 0.15) is 5.60 Å². The minimum atomic E-state index is -0.478. The van der Waals surface area contributed by atoms with Gasteiger partial charge in [-0.05, 0) is 57.7 Å². The number of aromatic nitrogens is 2. The van der Waals surface area contributed by atoms with Crippen LogP contribution in [0.5, 0.6) is 0 Å². The molecule has 1 aliphatic rings. The molecule has 1 amide bonds. The number of aryl methyl sites for hydroxylation is 1. The van der Waals surface area contributed by atoms with Gasteiger partial charge < -0.3 is 9.64 Å². The maximum absolute atomic E-state index is 12.5. The molecule has 0 saturated heterocycles. The minimum Gasteiger partial charge on any atom is -0.444 e. The fourth-order valence-corrected chi connectivity index (χ4v) is 3.38. The smallest absolute Gasteiger partial charge is 0.410 e. The van der Waals surface area contributed by atoms with Gasteiger partial charge in [-0.25, -0.2) is 9.48 Å². The molecule has 0 aliphatic carbocycles. The van der Waals surface area contributed by atoms with E-state index in [1.54, 1.807) is 0 Å². The van der Waals surface area contributed by atoms with Crippen LogP contribution in [0.25, 0.3) is 11.3 Å². The number of carbonyl (C=O) groups is 1. The molecule has 0 saturated carbocycles. The van der Waals surface area contributed by atoms with Crippen molar-refractivity contribution < 1.29 is 9.53 Å². The van der Waals surface area contributed by atoms with Crippen molar-refractivity contribution in [3.63, 3.8) is 0 Å². The predicted molar refractivity (Wildman–Crippen MR) is 108 cm³/mol. The first-order valence-electron chi connectivity index (χ1n) is 9.60.